The van der Waals surface area contributed by atoms with Crippen LogP contribution in [-0.2, 0) is 33.0 Å². The maximum Gasteiger partial charge on any atom is 0.328 e. The Labute approximate surface area is 176 Å². The van der Waals surface area contributed by atoms with Crippen LogP contribution in [-0.4, -0.2) is 76.8 Å². The molecule has 0 unspecified atom stereocenters. The Morgan fingerprint density at radius 2 is 2.13 bits per heavy atom. The lowest BCUT2D eigenvalue weighted by Gasteiger charge is -2.37. The number of aryl methyl sites for hydroxylation is 2. The van der Waals surface area contributed by atoms with E-state index in [1.54, 1.807) is 28.8 Å². The number of nitrogens with zero attached hydrogens (tertiary/aromatic N) is 6. The molecule has 0 aliphatic carbocycles. The number of sulfone groups is 1. The Morgan fingerprint density at radius 1 is 1.40 bits per heavy atom. The first-order chi connectivity index (χ1) is 14.1. The molecule has 1 N–H and O–H groups in total. The fourth-order valence-corrected chi connectivity index (χ4v) is 6.69. The summed E-state index contributed by atoms with van der Waals surface area (Å²) in [5.74, 6) is -1.25. The van der Waals surface area contributed by atoms with Crippen LogP contribution in [0.4, 0.5) is 0 Å². The molecule has 30 heavy (non-hydrogen) atoms. The lowest BCUT2D eigenvalue weighted by molar-refractivity contribution is -0.152. The minimum absolute atomic E-state index is 0.0151. The van der Waals surface area contributed by atoms with Gasteiger partial charge in [0.1, 0.15) is 10.4 Å². The Kier molecular flexibility index (Phi) is 4.77. The number of fused-ring (bicyclic) bond motifs is 1. The Hall–Kier alpha value is -2.67. The number of carboxylic acid groups (broad SMARTS) is 1. The number of β-lactam (4-membered cyclic amide) rings is 1. The maximum absolute atomic E-state index is 12.9. The van der Waals surface area contributed by atoms with Gasteiger partial charge in [0.25, 0.3) is 5.91 Å². The topological polar surface area (TPSA) is 140 Å². The van der Waals surface area contributed by atoms with Gasteiger partial charge in [0.05, 0.1) is 18.3 Å². The molecule has 1 amide bonds. The van der Waals surface area contributed by atoms with Gasteiger partial charge in [-0.25, -0.2) is 18.2 Å². The zero-order chi connectivity index (χ0) is 21.8. The van der Waals surface area contributed by atoms with Gasteiger partial charge >= 0.3 is 5.97 Å². The van der Waals surface area contributed by atoms with Crippen molar-refractivity contribution in [2.45, 2.75) is 41.7 Å². The third-order valence-corrected chi connectivity index (χ3v) is 9.18. The van der Waals surface area contributed by atoms with Crippen molar-refractivity contribution in [1.29, 1.82) is 0 Å². The van der Waals surface area contributed by atoms with E-state index in [9.17, 15) is 23.1 Å². The van der Waals surface area contributed by atoms with Gasteiger partial charge < -0.3 is 14.6 Å². The molecule has 0 radical (unpaired) electrons. The van der Waals surface area contributed by atoms with E-state index in [2.05, 4.69) is 15.3 Å². The van der Waals surface area contributed by atoms with E-state index in [-0.39, 0.29) is 5.57 Å². The number of carboxylic acids is 1. The fraction of sp³-hybridized carbons (Fsp3) is 0.471. The van der Waals surface area contributed by atoms with E-state index in [4.69, 9.17) is 0 Å². The van der Waals surface area contributed by atoms with E-state index < -0.39 is 37.9 Å². The lowest BCUT2D eigenvalue weighted by Crippen LogP contribution is -2.58. The molecule has 0 saturated carbocycles. The first-order valence-electron chi connectivity index (χ1n) is 9.06. The molecule has 2 fully saturated rings. The molecule has 0 spiro atoms. The molecular weight excluding hydrogens is 432 g/mol. The molecule has 2 aliphatic rings. The number of aliphatic carboxylic acids is 1. The van der Waals surface area contributed by atoms with Crippen LogP contribution in [0.3, 0.4) is 0 Å². The molecule has 2 aromatic rings. The normalized spacial score (nSPS) is 25.4. The number of thioether (sulfide) groups is 1. The number of carbonyl (C=O) groups excluding carboxylic acids is 1. The van der Waals surface area contributed by atoms with Gasteiger partial charge in [-0.3, -0.25) is 9.48 Å². The van der Waals surface area contributed by atoms with Crippen molar-refractivity contribution in [2.24, 2.45) is 7.05 Å². The number of aromatic nitrogens is 5. The highest BCUT2D eigenvalue weighted by atomic mass is 32.2. The summed E-state index contributed by atoms with van der Waals surface area (Å²) in [5.41, 5.74) is 0.355. The summed E-state index contributed by atoms with van der Waals surface area (Å²) in [7, 11) is -2.01. The molecule has 160 valence electrons. The van der Waals surface area contributed by atoms with Crippen molar-refractivity contribution < 1.29 is 23.1 Å². The molecule has 2 saturated heterocycles. The molecule has 2 aliphatic heterocycles. The standard InChI is InChI=1S/C17H20N6O5S2/c1-17(2)12(15(25)26)23-13(24)11(14(23)30(17,27)28)8-10-9-22(20-19-10)6-7-29-16-18-4-5-21(16)3/h4-5,8-9,12,14H,6-7H2,1-3H3,(H,25,26)/b11-8-/t12-,14+/m0/s1. The molecule has 0 aromatic carbocycles. The zero-order valence-electron chi connectivity index (χ0n) is 16.5. The van der Waals surface area contributed by atoms with Crippen molar-refractivity contribution in [3.05, 3.63) is 29.9 Å². The van der Waals surface area contributed by atoms with Crippen molar-refractivity contribution in [2.75, 3.05) is 5.75 Å². The van der Waals surface area contributed by atoms with E-state index >= 15 is 0 Å². The predicted octanol–water partition coefficient (Wildman–Crippen LogP) is 0.0158. The number of hydrogen-bond acceptors (Lipinski definition) is 8. The van der Waals surface area contributed by atoms with Gasteiger partial charge in [-0.15, -0.1) is 5.10 Å². The first-order valence-corrected chi connectivity index (χ1v) is 11.6. The van der Waals surface area contributed by atoms with Gasteiger partial charge in [-0.2, -0.15) is 0 Å². The van der Waals surface area contributed by atoms with Crippen molar-refractivity contribution in [1.82, 2.24) is 29.4 Å². The van der Waals surface area contributed by atoms with Crippen molar-refractivity contribution in [3.8, 4) is 0 Å². The molecule has 2 atom stereocenters. The quantitative estimate of drug-likeness (QED) is 0.365. The van der Waals surface area contributed by atoms with Crippen LogP contribution >= 0.6 is 11.8 Å². The highest BCUT2D eigenvalue weighted by Crippen LogP contribution is 2.48. The highest BCUT2D eigenvalue weighted by Gasteiger charge is 2.70. The Balaban J connectivity index is 1.50. The van der Waals surface area contributed by atoms with Crippen molar-refractivity contribution in [3.63, 3.8) is 0 Å². The van der Waals surface area contributed by atoms with Crippen LogP contribution in [0.5, 0.6) is 0 Å². The number of rotatable bonds is 6. The van der Waals surface area contributed by atoms with Gasteiger partial charge in [-0.1, -0.05) is 17.0 Å². The second kappa shape index (κ2) is 6.94. The molecule has 0 bridgehead atoms. The Morgan fingerprint density at radius 3 is 2.77 bits per heavy atom. The van der Waals surface area contributed by atoms with E-state index in [1.807, 2.05) is 17.8 Å². The number of hydrogen-bond donors (Lipinski definition) is 1. The van der Waals surface area contributed by atoms with E-state index in [1.165, 1.54) is 19.9 Å². The summed E-state index contributed by atoms with van der Waals surface area (Å²) >= 11 is 1.55. The second-order valence-electron chi connectivity index (χ2n) is 7.63. The molecule has 13 heteroatoms. The molecule has 11 nitrogen and oxygen atoms in total. The van der Waals surface area contributed by atoms with Crippen LogP contribution in [0.15, 0.2) is 29.3 Å². The van der Waals surface area contributed by atoms with Gasteiger partial charge in [0.2, 0.25) is 0 Å². The van der Waals surface area contributed by atoms with Gasteiger partial charge in [0.15, 0.2) is 26.4 Å². The average Bonchev–Trinajstić information content (AvgIpc) is 3.31. The summed E-state index contributed by atoms with van der Waals surface area (Å²) in [4.78, 5) is 29.3. The average molecular weight is 453 g/mol. The summed E-state index contributed by atoms with van der Waals surface area (Å²) in [5, 5.41) is 17.0. The van der Waals surface area contributed by atoms with Crippen LogP contribution in [0.25, 0.3) is 6.08 Å². The zero-order valence-corrected chi connectivity index (χ0v) is 18.1. The molecular formula is C17H20N6O5S2. The van der Waals surface area contributed by atoms with Crippen LogP contribution in [0.1, 0.15) is 19.5 Å². The largest absolute Gasteiger partial charge is 0.480 e. The third kappa shape index (κ3) is 2.95. The predicted molar refractivity (Wildman–Crippen MR) is 107 cm³/mol. The fourth-order valence-electron chi connectivity index (χ4n) is 3.71. The highest BCUT2D eigenvalue weighted by molar-refractivity contribution is 7.99. The minimum atomic E-state index is -3.91. The summed E-state index contributed by atoms with van der Waals surface area (Å²) < 4.78 is 27.7. The number of amides is 1. The van der Waals surface area contributed by atoms with Crippen LogP contribution in [0, 0.1) is 0 Å². The van der Waals surface area contributed by atoms with Gasteiger partial charge in [0, 0.05) is 25.2 Å². The third-order valence-electron chi connectivity index (χ3n) is 5.39. The smallest absolute Gasteiger partial charge is 0.328 e. The number of carbonyl (C=O) groups is 2. The minimum Gasteiger partial charge on any atom is -0.480 e. The number of imidazole rings is 1. The first kappa shape index (κ1) is 20.6. The second-order valence-corrected chi connectivity index (χ2v) is 11.3. The Bertz CT molecular complexity index is 1160. The monoisotopic (exact) mass is 452 g/mol. The van der Waals surface area contributed by atoms with Gasteiger partial charge in [-0.05, 0) is 19.9 Å². The van der Waals surface area contributed by atoms with Crippen molar-refractivity contribution >= 4 is 39.6 Å². The summed E-state index contributed by atoms with van der Waals surface area (Å²) in [6, 6.07) is -1.42. The molecule has 4 rings (SSSR count). The SMILES string of the molecule is Cn1ccnc1SCCn1cc(/C=C2/C(=O)N3[C@@H](C(=O)O)C(C)(C)S(=O)(=O)[C@H]23)nn1. The van der Waals surface area contributed by atoms with Crippen LogP contribution in [0.2, 0.25) is 0 Å². The summed E-state index contributed by atoms with van der Waals surface area (Å²) in [6.45, 7) is 3.21. The molecule has 2 aromatic heterocycles. The lowest BCUT2D eigenvalue weighted by atomic mass is 9.95. The van der Waals surface area contributed by atoms with E-state index in [0.717, 1.165) is 10.1 Å². The van der Waals surface area contributed by atoms with Crippen LogP contribution < -0.4 is 0 Å². The van der Waals surface area contributed by atoms with E-state index in [0.29, 0.717) is 18.0 Å². The summed E-state index contributed by atoms with van der Waals surface area (Å²) in [6.07, 6.45) is 6.56. The molecule has 4 heterocycles. The maximum atomic E-state index is 12.9.